The van der Waals surface area contributed by atoms with Gasteiger partial charge in [0.2, 0.25) is 0 Å². The molecule has 1 rings (SSSR count). The zero-order chi connectivity index (χ0) is 8.86. The highest BCUT2D eigenvalue weighted by molar-refractivity contribution is 4.82. The van der Waals surface area contributed by atoms with Crippen molar-refractivity contribution in [3.05, 3.63) is 0 Å². The Bertz CT molecular complexity index is 122. The van der Waals surface area contributed by atoms with Crippen LogP contribution in [0, 0.1) is 5.41 Å². The maximum atomic E-state index is 8.66. The molecule has 0 atom stereocenters. The molecule has 0 spiro atoms. The smallest absolute Gasteiger partial charge is 0.0931 e. The summed E-state index contributed by atoms with van der Waals surface area (Å²) < 4.78 is 5.32. The number of hydrogen-bond acceptors (Lipinski definition) is 3. The molecule has 0 bridgehead atoms. The second-order valence-corrected chi connectivity index (χ2v) is 3.55. The van der Waals surface area contributed by atoms with Gasteiger partial charge in [-0.2, -0.15) is 0 Å². The monoisotopic (exact) mass is 173 g/mol. The summed E-state index contributed by atoms with van der Waals surface area (Å²) in [5.41, 5.74) is 0.376. The molecule has 1 aliphatic heterocycles. The Morgan fingerprint density at radius 1 is 1.42 bits per heavy atom. The Kier molecular flexibility index (Phi) is 3.98. The quantitative estimate of drug-likeness (QED) is 0.616. The largest absolute Gasteiger partial charge is 0.381 e. The van der Waals surface area contributed by atoms with Crippen molar-refractivity contribution in [2.75, 3.05) is 26.5 Å². The minimum atomic E-state index is 0.0859. The van der Waals surface area contributed by atoms with Crippen molar-refractivity contribution in [2.45, 2.75) is 26.2 Å². The Morgan fingerprint density at radius 3 is 2.58 bits per heavy atom. The molecule has 3 heteroatoms. The zero-order valence-electron chi connectivity index (χ0n) is 7.81. The fraction of sp³-hybridized carbons (Fsp3) is 1.00. The van der Waals surface area contributed by atoms with Gasteiger partial charge in [-0.3, -0.25) is 5.32 Å². The van der Waals surface area contributed by atoms with Gasteiger partial charge in [0.1, 0.15) is 0 Å². The van der Waals surface area contributed by atoms with Gasteiger partial charge in [-0.25, -0.2) is 0 Å². The van der Waals surface area contributed by atoms with Gasteiger partial charge in [-0.15, -0.1) is 0 Å². The van der Waals surface area contributed by atoms with E-state index in [-0.39, 0.29) is 6.73 Å². The van der Waals surface area contributed by atoms with Gasteiger partial charge in [-0.05, 0) is 24.7 Å². The summed E-state index contributed by atoms with van der Waals surface area (Å²) in [6.07, 6.45) is 3.41. The minimum absolute atomic E-state index is 0.0859. The van der Waals surface area contributed by atoms with Crippen LogP contribution in [0.5, 0.6) is 0 Å². The molecule has 12 heavy (non-hydrogen) atoms. The van der Waals surface area contributed by atoms with Crippen LogP contribution in [0.4, 0.5) is 0 Å². The molecular formula is C9H19NO2. The molecule has 0 aromatic carbocycles. The topological polar surface area (TPSA) is 41.5 Å². The van der Waals surface area contributed by atoms with E-state index in [1.165, 1.54) is 6.42 Å². The van der Waals surface area contributed by atoms with Gasteiger partial charge in [0.25, 0.3) is 0 Å². The van der Waals surface area contributed by atoms with Crippen molar-refractivity contribution in [3.63, 3.8) is 0 Å². The van der Waals surface area contributed by atoms with Crippen LogP contribution in [0.15, 0.2) is 0 Å². The Hall–Kier alpha value is -0.120. The van der Waals surface area contributed by atoms with Gasteiger partial charge < -0.3 is 9.84 Å². The lowest BCUT2D eigenvalue weighted by Gasteiger charge is -2.36. The SMILES string of the molecule is CCC1(CNCO)CCOCC1. The lowest BCUT2D eigenvalue weighted by atomic mass is 9.78. The fourth-order valence-electron chi connectivity index (χ4n) is 1.78. The first-order valence-corrected chi connectivity index (χ1v) is 4.72. The summed E-state index contributed by atoms with van der Waals surface area (Å²) in [7, 11) is 0. The maximum Gasteiger partial charge on any atom is 0.0931 e. The summed E-state index contributed by atoms with van der Waals surface area (Å²) in [4.78, 5) is 0. The molecule has 2 N–H and O–H groups in total. The number of ether oxygens (including phenoxy) is 1. The number of nitrogens with one attached hydrogen (secondary N) is 1. The molecule has 0 amide bonds. The molecule has 1 saturated heterocycles. The van der Waals surface area contributed by atoms with E-state index < -0.39 is 0 Å². The first-order chi connectivity index (χ1) is 5.83. The molecule has 1 fully saturated rings. The van der Waals surface area contributed by atoms with Gasteiger partial charge in [0.15, 0.2) is 0 Å². The van der Waals surface area contributed by atoms with Crippen LogP contribution in [0.3, 0.4) is 0 Å². The van der Waals surface area contributed by atoms with Crippen molar-refractivity contribution in [1.29, 1.82) is 0 Å². The molecule has 3 nitrogen and oxygen atoms in total. The van der Waals surface area contributed by atoms with Crippen LogP contribution in [0.2, 0.25) is 0 Å². The summed E-state index contributed by atoms with van der Waals surface area (Å²) in [5.74, 6) is 0. The normalized spacial score (nSPS) is 22.5. The average Bonchev–Trinajstić information content (AvgIpc) is 2.16. The molecule has 0 aliphatic carbocycles. The van der Waals surface area contributed by atoms with Crippen LogP contribution in [0.1, 0.15) is 26.2 Å². The molecular weight excluding hydrogens is 154 g/mol. The number of hydrogen-bond donors (Lipinski definition) is 2. The van der Waals surface area contributed by atoms with E-state index in [0.29, 0.717) is 5.41 Å². The third kappa shape index (κ3) is 2.44. The minimum Gasteiger partial charge on any atom is -0.381 e. The van der Waals surface area contributed by atoms with Crippen LogP contribution < -0.4 is 5.32 Å². The third-order valence-corrected chi connectivity index (χ3v) is 2.92. The predicted molar refractivity (Wildman–Crippen MR) is 47.9 cm³/mol. The maximum absolute atomic E-state index is 8.66. The molecule has 0 aromatic heterocycles. The van der Waals surface area contributed by atoms with Gasteiger partial charge in [0, 0.05) is 19.8 Å². The summed E-state index contributed by atoms with van der Waals surface area (Å²) >= 11 is 0. The summed E-state index contributed by atoms with van der Waals surface area (Å²) in [5, 5.41) is 11.7. The molecule has 0 saturated carbocycles. The summed E-state index contributed by atoms with van der Waals surface area (Å²) in [6.45, 7) is 4.97. The Balaban J connectivity index is 2.37. The van der Waals surface area contributed by atoms with Crippen LogP contribution >= 0.6 is 0 Å². The summed E-state index contributed by atoms with van der Waals surface area (Å²) in [6, 6.07) is 0. The van der Waals surface area contributed by atoms with Crippen molar-refractivity contribution in [2.24, 2.45) is 5.41 Å². The van der Waals surface area contributed by atoms with E-state index in [2.05, 4.69) is 12.2 Å². The third-order valence-electron chi connectivity index (χ3n) is 2.92. The number of rotatable bonds is 4. The molecule has 1 aliphatic rings. The second kappa shape index (κ2) is 4.80. The van der Waals surface area contributed by atoms with Crippen LogP contribution in [-0.2, 0) is 4.74 Å². The molecule has 0 unspecified atom stereocenters. The van der Waals surface area contributed by atoms with Crippen LogP contribution in [-0.4, -0.2) is 31.6 Å². The van der Waals surface area contributed by atoms with Crippen molar-refractivity contribution in [3.8, 4) is 0 Å². The fourth-order valence-corrected chi connectivity index (χ4v) is 1.78. The van der Waals surface area contributed by atoms with Crippen LogP contribution in [0.25, 0.3) is 0 Å². The Labute approximate surface area is 74.1 Å². The first-order valence-electron chi connectivity index (χ1n) is 4.72. The van der Waals surface area contributed by atoms with Gasteiger partial charge >= 0.3 is 0 Å². The van der Waals surface area contributed by atoms with Crippen molar-refractivity contribution in [1.82, 2.24) is 5.32 Å². The first kappa shape index (κ1) is 9.96. The Morgan fingerprint density at radius 2 is 2.08 bits per heavy atom. The predicted octanol–water partition coefficient (Wildman–Crippen LogP) is 0.733. The molecule has 0 aromatic rings. The van der Waals surface area contributed by atoms with E-state index >= 15 is 0 Å². The molecule has 72 valence electrons. The highest BCUT2D eigenvalue weighted by atomic mass is 16.5. The standard InChI is InChI=1S/C9H19NO2/c1-2-9(7-10-8-11)3-5-12-6-4-9/h10-11H,2-8H2,1H3. The lowest BCUT2D eigenvalue weighted by molar-refractivity contribution is 0.0100. The van der Waals surface area contributed by atoms with Gasteiger partial charge in [-0.1, -0.05) is 6.92 Å². The van der Waals surface area contributed by atoms with Gasteiger partial charge in [0.05, 0.1) is 6.73 Å². The zero-order valence-corrected chi connectivity index (χ0v) is 7.81. The average molecular weight is 173 g/mol. The van der Waals surface area contributed by atoms with E-state index in [1.807, 2.05) is 0 Å². The van der Waals surface area contributed by atoms with Crippen molar-refractivity contribution >= 4 is 0 Å². The molecule has 1 heterocycles. The van der Waals surface area contributed by atoms with E-state index in [9.17, 15) is 0 Å². The van der Waals surface area contributed by atoms with E-state index in [1.54, 1.807) is 0 Å². The van der Waals surface area contributed by atoms with Crippen molar-refractivity contribution < 1.29 is 9.84 Å². The van der Waals surface area contributed by atoms with E-state index in [0.717, 1.165) is 32.6 Å². The number of aliphatic hydroxyl groups is 1. The lowest BCUT2D eigenvalue weighted by Crippen LogP contribution is -2.39. The second-order valence-electron chi connectivity index (χ2n) is 3.55. The molecule has 0 radical (unpaired) electrons. The number of aliphatic hydroxyl groups excluding tert-OH is 1. The highest BCUT2D eigenvalue weighted by Crippen LogP contribution is 2.32. The van der Waals surface area contributed by atoms with E-state index in [4.69, 9.17) is 9.84 Å². The highest BCUT2D eigenvalue weighted by Gasteiger charge is 2.29.